The van der Waals surface area contributed by atoms with Gasteiger partial charge < -0.3 is 0 Å². The zero-order valence-corrected chi connectivity index (χ0v) is 11.1. The minimum absolute atomic E-state index is 0.104. The average Bonchev–Trinajstić information content (AvgIpc) is 2.32. The topological polar surface area (TPSA) is 30.0 Å². The van der Waals surface area contributed by atoms with E-state index in [2.05, 4.69) is 27.6 Å². The molecule has 1 heterocycles. The number of nitrogens with zero attached hydrogens (tertiary/aromatic N) is 1. The molecule has 0 amide bonds. The number of hydrogen-bond donors (Lipinski definition) is 0. The summed E-state index contributed by atoms with van der Waals surface area (Å²) in [6.07, 6.45) is 1.60. The number of rotatable bonds is 2. The maximum absolute atomic E-state index is 12.1. The molecule has 2 nitrogen and oxygen atoms in total. The van der Waals surface area contributed by atoms with Crippen LogP contribution in [0.1, 0.15) is 16.1 Å². The van der Waals surface area contributed by atoms with Gasteiger partial charge in [0.15, 0.2) is 0 Å². The average molecular weight is 344 g/mol. The van der Waals surface area contributed by atoms with E-state index in [1.54, 1.807) is 36.5 Å². The highest BCUT2D eigenvalue weighted by atomic mass is 127. The van der Waals surface area contributed by atoms with E-state index in [-0.39, 0.29) is 5.78 Å². The monoisotopic (exact) mass is 343 g/mol. The molecule has 0 saturated heterocycles. The van der Waals surface area contributed by atoms with Gasteiger partial charge >= 0.3 is 0 Å². The number of ketones is 1. The lowest BCUT2D eigenvalue weighted by Gasteiger charge is -2.03. The second-order valence-corrected chi connectivity index (χ2v) is 4.77. The van der Waals surface area contributed by atoms with Crippen LogP contribution in [0.25, 0.3) is 0 Å². The molecular weight excluding hydrogens is 336 g/mol. The largest absolute Gasteiger partial charge is 0.287 e. The van der Waals surface area contributed by atoms with E-state index < -0.39 is 0 Å². The molecule has 0 spiro atoms. The number of pyridine rings is 1. The van der Waals surface area contributed by atoms with Crippen molar-refractivity contribution in [2.75, 3.05) is 0 Å². The highest BCUT2D eigenvalue weighted by molar-refractivity contribution is 14.1. The summed E-state index contributed by atoms with van der Waals surface area (Å²) in [4.78, 5) is 16.1. The molecule has 1 aromatic heterocycles. The maximum atomic E-state index is 12.1. The third kappa shape index (κ3) is 2.41. The van der Waals surface area contributed by atoms with Crippen LogP contribution < -0.4 is 0 Å². The molecule has 0 saturated carbocycles. The zero-order valence-electron chi connectivity index (χ0n) is 8.15. The van der Waals surface area contributed by atoms with Crippen LogP contribution in [-0.2, 0) is 0 Å². The predicted molar refractivity (Wildman–Crippen MR) is 71.8 cm³/mol. The Morgan fingerprint density at radius 3 is 2.75 bits per heavy atom. The molecule has 4 heteroatoms. The fourth-order valence-corrected chi connectivity index (χ4v) is 2.06. The van der Waals surface area contributed by atoms with Crippen molar-refractivity contribution in [3.05, 3.63) is 62.4 Å². The van der Waals surface area contributed by atoms with E-state index >= 15 is 0 Å². The lowest BCUT2D eigenvalue weighted by molar-refractivity contribution is 0.103. The van der Waals surface area contributed by atoms with E-state index in [0.717, 1.165) is 3.57 Å². The highest BCUT2D eigenvalue weighted by Gasteiger charge is 2.13. The van der Waals surface area contributed by atoms with Crippen LogP contribution in [0.15, 0.2) is 42.6 Å². The van der Waals surface area contributed by atoms with Crippen LogP contribution in [-0.4, -0.2) is 10.8 Å². The minimum atomic E-state index is -0.104. The summed E-state index contributed by atoms with van der Waals surface area (Å²) in [7, 11) is 0. The molecule has 1 aromatic carbocycles. The SMILES string of the molecule is O=C(c1ccccn1)c1cc(Cl)ccc1I. The predicted octanol–water partition coefficient (Wildman–Crippen LogP) is 3.57. The summed E-state index contributed by atoms with van der Waals surface area (Å²) in [6.45, 7) is 0. The third-order valence-corrected chi connectivity index (χ3v) is 3.25. The van der Waals surface area contributed by atoms with Crippen LogP contribution in [0.3, 0.4) is 0 Å². The number of halogens is 2. The molecule has 80 valence electrons. The van der Waals surface area contributed by atoms with Crippen molar-refractivity contribution in [3.8, 4) is 0 Å². The Morgan fingerprint density at radius 2 is 2.06 bits per heavy atom. The molecule has 0 bridgehead atoms. The van der Waals surface area contributed by atoms with Crippen molar-refractivity contribution in [3.63, 3.8) is 0 Å². The normalized spacial score (nSPS) is 10.1. The molecule has 0 fully saturated rings. The molecule has 0 N–H and O–H groups in total. The van der Waals surface area contributed by atoms with Gasteiger partial charge in [-0.3, -0.25) is 9.78 Å². The standard InChI is InChI=1S/C12H7ClINO/c13-8-4-5-10(14)9(7-8)12(16)11-3-1-2-6-15-11/h1-7H. The molecule has 0 aliphatic heterocycles. The van der Waals surface area contributed by atoms with Gasteiger partial charge in [0.1, 0.15) is 5.69 Å². The van der Waals surface area contributed by atoms with Gasteiger partial charge in [0.2, 0.25) is 5.78 Å². The van der Waals surface area contributed by atoms with Crippen molar-refractivity contribution in [1.82, 2.24) is 4.98 Å². The Kier molecular flexibility index (Phi) is 3.56. The summed E-state index contributed by atoms with van der Waals surface area (Å²) in [5, 5.41) is 0.555. The summed E-state index contributed by atoms with van der Waals surface area (Å²) in [6, 6.07) is 10.5. The van der Waals surface area contributed by atoms with Crippen LogP contribution in [0.4, 0.5) is 0 Å². The van der Waals surface area contributed by atoms with Gasteiger partial charge in [-0.05, 0) is 52.9 Å². The van der Waals surface area contributed by atoms with Crippen molar-refractivity contribution >= 4 is 40.0 Å². The fraction of sp³-hybridized carbons (Fsp3) is 0. The Labute approximate surface area is 112 Å². The Hall–Kier alpha value is -0.940. The Balaban J connectivity index is 2.46. The van der Waals surface area contributed by atoms with Gasteiger partial charge in [-0.25, -0.2) is 0 Å². The smallest absolute Gasteiger partial charge is 0.212 e. The third-order valence-electron chi connectivity index (χ3n) is 2.07. The van der Waals surface area contributed by atoms with E-state index in [0.29, 0.717) is 16.3 Å². The fourth-order valence-electron chi connectivity index (χ4n) is 1.31. The van der Waals surface area contributed by atoms with Gasteiger partial charge in [-0.1, -0.05) is 17.7 Å². The molecule has 2 rings (SSSR count). The second-order valence-electron chi connectivity index (χ2n) is 3.17. The van der Waals surface area contributed by atoms with Crippen molar-refractivity contribution < 1.29 is 4.79 Å². The van der Waals surface area contributed by atoms with Gasteiger partial charge in [-0.15, -0.1) is 0 Å². The molecular formula is C12H7ClINO. The molecule has 0 unspecified atom stereocenters. The van der Waals surface area contributed by atoms with Gasteiger partial charge in [-0.2, -0.15) is 0 Å². The van der Waals surface area contributed by atoms with Gasteiger partial charge in [0, 0.05) is 20.4 Å². The van der Waals surface area contributed by atoms with E-state index in [1.807, 2.05) is 6.07 Å². The number of carbonyl (C=O) groups is 1. The minimum Gasteiger partial charge on any atom is -0.287 e. The lowest BCUT2D eigenvalue weighted by atomic mass is 10.1. The van der Waals surface area contributed by atoms with Crippen LogP contribution in [0, 0.1) is 3.57 Å². The first-order valence-electron chi connectivity index (χ1n) is 4.59. The summed E-state index contributed by atoms with van der Waals surface area (Å²) < 4.78 is 0.873. The molecule has 0 radical (unpaired) electrons. The summed E-state index contributed by atoms with van der Waals surface area (Å²) >= 11 is 7.98. The number of hydrogen-bond acceptors (Lipinski definition) is 2. The second kappa shape index (κ2) is 4.93. The van der Waals surface area contributed by atoms with Crippen LogP contribution >= 0.6 is 34.2 Å². The first-order chi connectivity index (χ1) is 7.68. The zero-order chi connectivity index (χ0) is 11.5. The summed E-state index contributed by atoms with van der Waals surface area (Å²) in [5.74, 6) is -0.104. The van der Waals surface area contributed by atoms with Gasteiger partial charge in [0.25, 0.3) is 0 Å². The Bertz CT molecular complexity index is 528. The summed E-state index contributed by atoms with van der Waals surface area (Å²) in [5.41, 5.74) is 1.02. The first-order valence-corrected chi connectivity index (χ1v) is 6.05. The quantitative estimate of drug-likeness (QED) is 0.616. The van der Waals surface area contributed by atoms with E-state index in [1.165, 1.54) is 0 Å². The lowest BCUT2D eigenvalue weighted by Crippen LogP contribution is -2.05. The van der Waals surface area contributed by atoms with Crippen molar-refractivity contribution in [1.29, 1.82) is 0 Å². The molecule has 0 atom stereocenters. The van der Waals surface area contributed by atoms with Crippen LogP contribution in [0.5, 0.6) is 0 Å². The number of aromatic nitrogens is 1. The van der Waals surface area contributed by atoms with Gasteiger partial charge in [0.05, 0.1) is 0 Å². The number of benzene rings is 1. The highest BCUT2D eigenvalue weighted by Crippen LogP contribution is 2.20. The van der Waals surface area contributed by atoms with E-state index in [4.69, 9.17) is 11.6 Å². The first kappa shape index (κ1) is 11.5. The van der Waals surface area contributed by atoms with Crippen molar-refractivity contribution in [2.24, 2.45) is 0 Å². The molecule has 0 aliphatic carbocycles. The number of carbonyl (C=O) groups excluding carboxylic acids is 1. The maximum Gasteiger partial charge on any atom is 0.212 e. The molecule has 16 heavy (non-hydrogen) atoms. The Morgan fingerprint density at radius 1 is 1.25 bits per heavy atom. The molecule has 0 aliphatic rings. The van der Waals surface area contributed by atoms with Crippen LogP contribution in [0.2, 0.25) is 5.02 Å². The van der Waals surface area contributed by atoms with E-state index in [9.17, 15) is 4.79 Å². The van der Waals surface area contributed by atoms with Crippen molar-refractivity contribution in [2.45, 2.75) is 0 Å². The molecule has 2 aromatic rings.